The maximum atomic E-state index is 11.6. The number of ether oxygens (including phenoxy) is 1. The zero-order valence-electron chi connectivity index (χ0n) is 17.0. The van der Waals surface area contributed by atoms with Crippen LogP contribution in [0.25, 0.3) is 0 Å². The second-order valence-corrected chi connectivity index (χ2v) is 7.94. The predicted octanol–water partition coefficient (Wildman–Crippen LogP) is 4.59. The van der Waals surface area contributed by atoms with Gasteiger partial charge in [-0.25, -0.2) is 0 Å². The molecule has 1 aromatic carbocycles. The van der Waals surface area contributed by atoms with Gasteiger partial charge in [0, 0.05) is 18.8 Å². The van der Waals surface area contributed by atoms with Crippen molar-refractivity contribution in [2.24, 2.45) is 0 Å². The van der Waals surface area contributed by atoms with Gasteiger partial charge in [-0.15, -0.1) is 0 Å². The molecule has 2 heterocycles. The second kappa shape index (κ2) is 8.75. The molecule has 1 N–H and O–H groups in total. The Labute approximate surface area is 162 Å². The summed E-state index contributed by atoms with van der Waals surface area (Å²) in [5, 5.41) is 0. The zero-order chi connectivity index (χ0) is 19.4. The molecular formula is C23H32N2O2. The minimum Gasteiger partial charge on any atom is -0.494 e. The second-order valence-electron chi connectivity index (χ2n) is 7.94. The van der Waals surface area contributed by atoms with E-state index in [-0.39, 0.29) is 5.56 Å². The monoisotopic (exact) mass is 368 g/mol. The van der Waals surface area contributed by atoms with E-state index in [0.717, 1.165) is 38.2 Å². The minimum absolute atomic E-state index is 0.00107. The maximum absolute atomic E-state index is 11.6. The van der Waals surface area contributed by atoms with Crippen LogP contribution in [0.1, 0.15) is 67.7 Å². The van der Waals surface area contributed by atoms with Crippen LogP contribution < -0.4 is 10.3 Å². The lowest BCUT2D eigenvalue weighted by molar-refractivity contribution is 0.204. The average molecular weight is 369 g/mol. The van der Waals surface area contributed by atoms with Crippen LogP contribution in [0.15, 0.2) is 35.3 Å². The lowest BCUT2D eigenvalue weighted by Crippen LogP contribution is -2.33. The van der Waals surface area contributed by atoms with Crippen molar-refractivity contribution in [1.29, 1.82) is 0 Å². The molecule has 0 aliphatic carbocycles. The Morgan fingerprint density at radius 1 is 1.22 bits per heavy atom. The highest BCUT2D eigenvalue weighted by molar-refractivity contribution is 5.44. The lowest BCUT2D eigenvalue weighted by atomic mass is 9.89. The van der Waals surface area contributed by atoms with Crippen molar-refractivity contribution < 1.29 is 4.74 Å². The zero-order valence-corrected chi connectivity index (χ0v) is 17.0. The van der Waals surface area contributed by atoms with Crippen molar-refractivity contribution in [2.75, 3.05) is 19.7 Å². The van der Waals surface area contributed by atoms with Crippen LogP contribution in [-0.4, -0.2) is 29.6 Å². The smallest absolute Gasteiger partial charge is 0.248 e. The molecule has 0 unspecified atom stereocenters. The van der Waals surface area contributed by atoms with Gasteiger partial charge >= 0.3 is 0 Å². The molecule has 4 nitrogen and oxygen atoms in total. The summed E-state index contributed by atoms with van der Waals surface area (Å²) >= 11 is 0. The molecule has 0 atom stereocenters. The van der Waals surface area contributed by atoms with Gasteiger partial charge in [0.05, 0.1) is 6.61 Å². The topological polar surface area (TPSA) is 45.3 Å². The number of aromatic nitrogens is 1. The minimum atomic E-state index is 0.00107. The number of rotatable bonds is 6. The Bertz CT molecular complexity index is 817. The van der Waals surface area contributed by atoms with Crippen LogP contribution in [0.5, 0.6) is 5.75 Å². The first-order valence-electron chi connectivity index (χ1n) is 10.1. The van der Waals surface area contributed by atoms with Gasteiger partial charge in [-0.3, -0.25) is 9.69 Å². The number of aryl methyl sites for hydroxylation is 1. The van der Waals surface area contributed by atoms with E-state index < -0.39 is 0 Å². The van der Waals surface area contributed by atoms with Crippen molar-refractivity contribution in [3.8, 4) is 5.75 Å². The number of pyridine rings is 1. The van der Waals surface area contributed by atoms with E-state index in [2.05, 4.69) is 42.8 Å². The molecule has 1 aliphatic heterocycles. The van der Waals surface area contributed by atoms with Gasteiger partial charge in [-0.1, -0.05) is 19.9 Å². The van der Waals surface area contributed by atoms with E-state index in [0.29, 0.717) is 18.4 Å². The molecule has 0 amide bonds. The van der Waals surface area contributed by atoms with Crippen LogP contribution in [0, 0.1) is 6.92 Å². The summed E-state index contributed by atoms with van der Waals surface area (Å²) in [5.74, 6) is 1.98. The van der Waals surface area contributed by atoms with Gasteiger partial charge < -0.3 is 9.72 Å². The fourth-order valence-corrected chi connectivity index (χ4v) is 4.03. The van der Waals surface area contributed by atoms with Gasteiger partial charge in [-0.2, -0.15) is 0 Å². The lowest BCUT2D eigenvalue weighted by Gasteiger charge is -2.32. The average Bonchev–Trinajstić information content (AvgIpc) is 2.64. The van der Waals surface area contributed by atoms with E-state index in [1.807, 2.05) is 13.0 Å². The number of aromatic amines is 1. The summed E-state index contributed by atoms with van der Waals surface area (Å²) in [6, 6.07) is 8.35. The summed E-state index contributed by atoms with van der Waals surface area (Å²) in [6.45, 7) is 12.5. The van der Waals surface area contributed by atoms with Crippen LogP contribution in [0.2, 0.25) is 0 Å². The van der Waals surface area contributed by atoms with E-state index in [9.17, 15) is 4.79 Å². The number of benzene rings is 1. The number of nitrogens with zero attached hydrogens (tertiary/aromatic N) is 1. The third kappa shape index (κ3) is 4.81. The standard InChI is InChI=1S/C23H32N2O2/c1-5-27-22-12-17(4)20(13-21(22)16(2)3)15-25-10-7-18(8-11-25)19-6-9-24-23(26)14-19/h6,9,12-14,16,18H,5,7-8,10-11,15H2,1-4H3,(H,24,26). The number of piperidine rings is 1. The third-order valence-corrected chi connectivity index (χ3v) is 5.64. The van der Waals surface area contributed by atoms with Gasteiger partial charge in [0.15, 0.2) is 0 Å². The first-order chi connectivity index (χ1) is 13.0. The van der Waals surface area contributed by atoms with E-state index in [1.165, 1.54) is 22.3 Å². The molecule has 1 aromatic heterocycles. The molecule has 1 saturated heterocycles. The fourth-order valence-electron chi connectivity index (χ4n) is 4.03. The maximum Gasteiger partial charge on any atom is 0.248 e. The summed E-state index contributed by atoms with van der Waals surface area (Å²) in [5.41, 5.74) is 5.19. The molecule has 4 heteroatoms. The summed E-state index contributed by atoms with van der Waals surface area (Å²) in [6.07, 6.45) is 3.98. The van der Waals surface area contributed by atoms with Crippen molar-refractivity contribution in [1.82, 2.24) is 9.88 Å². The molecule has 27 heavy (non-hydrogen) atoms. The summed E-state index contributed by atoms with van der Waals surface area (Å²) in [7, 11) is 0. The SMILES string of the molecule is CCOc1cc(C)c(CN2CCC(c3cc[nH]c(=O)c3)CC2)cc1C(C)C. The first-order valence-corrected chi connectivity index (χ1v) is 10.1. The Morgan fingerprint density at radius 3 is 2.59 bits per heavy atom. The van der Waals surface area contributed by atoms with E-state index >= 15 is 0 Å². The molecule has 1 aliphatic rings. The van der Waals surface area contributed by atoms with Crippen molar-refractivity contribution >= 4 is 0 Å². The highest BCUT2D eigenvalue weighted by Crippen LogP contribution is 2.32. The van der Waals surface area contributed by atoms with Crippen LogP contribution >= 0.6 is 0 Å². The highest BCUT2D eigenvalue weighted by Gasteiger charge is 2.22. The molecule has 1 fully saturated rings. The molecule has 3 rings (SSSR count). The van der Waals surface area contributed by atoms with Gasteiger partial charge in [-0.05, 0) is 86.0 Å². The van der Waals surface area contributed by atoms with Crippen molar-refractivity contribution in [3.63, 3.8) is 0 Å². The Hall–Kier alpha value is -2.07. The molecule has 146 valence electrons. The van der Waals surface area contributed by atoms with E-state index in [4.69, 9.17) is 4.74 Å². The van der Waals surface area contributed by atoms with Crippen molar-refractivity contribution in [2.45, 2.75) is 58.9 Å². The van der Waals surface area contributed by atoms with Crippen LogP contribution in [0.3, 0.4) is 0 Å². The number of nitrogens with one attached hydrogen (secondary N) is 1. The summed E-state index contributed by atoms with van der Waals surface area (Å²) in [4.78, 5) is 16.8. The number of H-pyrrole nitrogens is 1. The number of hydrogen-bond donors (Lipinski definition) is 1. The largest absolute Gasteiger partial charge is 0.494 e. The predicted molar refractivity (Wildman–Crippen MR) is 111 cm³/mol. The van der Waals surface area contributed by atoms with Gasteiger partial charge in [0.1, 0.15) is 5.75 Å². The van der Waals surface area contributed by atoms with Crippen molar-refractivity contribution in [3.05, 3.63) is 63.1 Å². The third-order valence-electron chi connectivity index (χ3n) is 5.64. The molecule has 2 aromatic rings. The van der Waals surface area contributed by atoms with Gasteiger partial charge in [0.25, 0.3) is 0 Å². The first kappa shape index (κ1) is 19.7. The fraction of sp³-hybridized carbons (Fsp3) is 0.522. The van der Waals surface area contributed by atoms with Crippen LogP contribution in [-0.2, 0) is 6.54 Å². The molecule has 0 spiro atoms. The van der Waals surface area contributed by atoms with Gasteiger partial charge in [0.2, 0.25) is 5.56 Å². The Kier molecular flexibility index (Phi) is 6.38. The normalized spacial score (nSPS) is 16.0. The van der Waals surface area contributed by atoms with Crippen LogP contribution in [0.4, 0.5) is 0 Å². The molecule has 0 bridgehead atoms. The molecule has 0 radical (unpaired) electrons. The quantitative estimate of drug-likeness (QED) is 0.811. The molecule has 0 saturated carbocycles. The van der Waals surface area contributed by atoms with E-state index in [1.54, 1.807) is 12.3 Å². The number of likely N-dealkylation sites (tertiary alicyclic amines) is 1. The Balaban J connectivity index is 1.68. The Morgan fingerprint density at radius 2 is 1.96 bits per heavy atom. The highest BCUT2D eigenvalue weighted by atomic mass is 16.5. The molecular weight excluding hydrogens is 336 g/mol. The number of hydrogen-bond acceptors (Lipinski definition) is 3. The summed E-state index contributed by atoms with van der Waals surface area (Å²) < 4.78 is 5.86.